The van der Waals surface area contributed by atoms with Crippen LogP contribution in [-0.4, -0.2) is 16.3 Å². The minimum atomic E-state index is -0.252. The fourth-order valence-electron chi connectivity index (χ4n) is 2.17. The lowest BCUT2D eigenvalue weighted by Gasteiger charge is -2.12. The molecule has 0 saturated carbocycles. The van der Waals surface area contributed by atoms with E-state index in [2.05, 4.69) is 18.9 Å². The van der Waals surface area contributed by atoms with E-state index in [9.17, 15) is 4.39 Å². The molecule has 0 unspecified atom stereocenters. The summed E-state index contributed by atoms with van der Waals surface area (Å²) in [7, 11) is 0. The molecule has 96 valence electrons. The zero-order chi connectivity index (χ0) is 13.1. The highest BCUT2D eigenvalue weighted by Crippen LogP contribution is 2.23. The summed E-state index contributed by atoms with van der Waals surface area (Å²) in [5, 5.41) is 4.36. The van der Waals surface area contributed by atoms with Crippen LogP contribution in [0.4, 0.5) is 4.39 Å². The van der Waals surface area contributed by atoms with Gasteiger partial charge in [0.25, 0.3) is 0 Å². The predicted molar refractivity (Wildman–Crippen MR) is 70.4 cm³/mol. The molecule has 0 radical (unpaired) electrons. The summed E-state index contributed by atoms with van der Waals surface area (Å²) < 4.78 is 15.1. The van der Waals surface area contributed by atoms with Crippen molar-refractivity contribution in [2.45, 2.75) is 26.2 Å². The molecule has 3 nitrogen and oxygen atoms in total. The lowest BCUT2D eigenvalue weighted by molar-refractivity contribution is 0.623. The summed E-state index contributed by atoms with van der Waals surface area (Å²) in [6.07, 6.45) is 2.62. The summed E-state index contributed by atoms with van der Waals surface area (Å²) in [5.74, 6) is 0.0652. The molecule has 2 rings (SSSR count). The van der Waals surface area contributed by atoms with Gasteiger partial charge in [-0.05, 0) is 42.6 Å². The normalized spacial score (nSPS) is 11.2. The van der Waals surface area contributed by atoms with Gasteiger partial charge in [-0.3, -0.25) is 0 Å². The highest BCUT2D eigenvalue weighted by Gasteiger charge is 2.15. The van der Waals surface area contributed by atoms with Crippen LogP contribution in [0.15, 0.2) is 30.5 Å². The Bertz CT molecular complexity index is 532. The zero-order valence-corrected chi connectivity index (χ0v) is 10.7. The average Bonchev–Trinajstić information content (AvgIpc) is 2.73. The van der Waals surface area contributed by atoms with Gasteiger partial charge < -0.3 is 5.73 Å². The third-order valence-electron chi connectivity index (χ3n) is 2.90. The quantitative estimate of drug-likeness (QED) is 0.902. The number of benzene rings is 1. The fourth-order valence-corrected chi connectivity index (χ4v) is 2.17. The first-order valence-corrected chi connectivity index (χ1v) is 6.16. The van der Waals surface area contributed by atoms with Gasteiger partial charge in [-0.1, -0.05) is 19.9 Å². The Morgan fingerprint density at radius 1 is 1.39 bits per heavy atom. The first-order valence-electron chi connectivity index (χ1n) is 6.16. The van der Waals surface area contributed by atoms with Crippen LogP contribution in [0.2, 0.25) is 0 Å². The van der Waals surface area contributed by atoms with Gasteiger partial charge in [-0.2, -0.15) is 5.10 Å². The van der Waals surface area contributed by atoms with E-state index >= 15 is 0 Å². The molecule has 0 spiro atoms. The van der Waals surface area contributed by atoms with E-state index < -0.39 is 0 Å². The Hall–Kier alpha value is -1.68. The molecule has 2 aromatic rings. The highest BCUT2D eigenvalue weighted by molar-refractivity contribution is 5.36. The van der Waals surface area contributed by atoms with Crippen LogP contribution in [0.1, 0.15) is 31.0 Å². The Balaban J connectivity index is 2.50. The van der Waals surface area contributed by atoms with E-state index in [1.165, 1.54) is 12.1 Å². The molecule has 0 aliphatic carbocycles. The lowest BCUT2D eigenvalue weighted by atomic mass is 10.0. The Morgan fingerprint density at radius 3 is 2.78 bits per heavy atom. The molecule has 1 heterocycles. The second-order valence-corrected chi connectivity index (χ2v) is 4.64. The monoisotopic (exact) mass is 247 g/mol. The smallest absolute Gasteiger partial charge is 0.125 e. The second kappa shape index (κ2) is 5.31. The number of halogens is 1. The van der Waals surface area contributed by atoms with Crippen molar-refractivity contribution in [3.8, 4) is 5.69 Å². The number of hydrogen-bond donors (Lipinski definition) is 1. The molecule has 18 heavy (non-hydrogen) atoms. The van der Waals surface area contributed by atoms with Crippen molar-refractivity contribution in [3.63, 3.8) is 0 Å². The van der Waals surface area contributed by atoms with Gasteiger partial charge in [0, 0.05) is 0 Å². The van der Waals surface area contributed by atoms with Crippen molar-refractivity contribution in [2.75, 3.05) is 6.54 Å². The van der Waals surface area contributed by atoms with E-state index in [1.807, 2.05) is 12.3 Å². The minimum absolute atomic E-state index is 0.252. The molecule has 0 amide bonds. The highest BCUT2D eigenvalue weighted by atomic mass is 19.1. The minimum Gasteiger partial charge on any atom is -0.330 e. The van der Waals surface area contributed by atoms with Crippen LogP contribution < -0.4 is 5.73 Å². The Morgan fingerprint density at radius 2 is 2.17 bits per heavy atom. The largest absolute Gasteiger partial charge is 0.330 e. The first kappa shape index (κ1) is 12.8. The number of hydrogen-bond acceptors (Lipinski definition) is 2. The molecule has 0 aliphatic rings. The van der Waals surface area contributed by atoms with Crippen molar-refractivity contribution < 1.29 is 4.39 Å². The van der Waals surface area contributed by atoms with Gasteiger partial charge in [-0.25, -0.2) is 9.07 Å². The van der Waals surface area contributed by atoms with Crippen LogP contribution in [0, 0.1) is 5.82 Å². The van der Waals surface area contributed by atoms with Gasteiger partial charge in [0.2, 0.25) is 0 Å². The molecular formula is C14H18FN3. The van der Waals surface area contributed by atoms with Crippen molar-refractivity contribution in [3.05, 3.63) is 47.5 Å². The number of rotatable bonds is 4. The van der Waals surface area contributed by atoms with Crippen LogP contribution in [0.3, 0.4) is 0 Å². The lowest BCUT2D eigenvalue weighted by Crippen LogP contribution is -2.08. The van der Waals surface area contributed by atoms with E-state index in [0.29, 0.717) is 12.5 Å². The van der Waals surface area contributed by atoms with Gasteiger partial charge in [-0.15, -0.1) is 0 Å². The maximum Gasteiger partial charge on any atom is 0.125 e. The number of nitrogens with two attached hydrogens (primary N) is 1. The van der Waals surface area contributed by atoms with Gasteiger partial charge in [0.1, 0.15) is 5.82 Å². The molecule has 2 N–H and O–H groups in total. The van der Waals surface area contributed by atoms with Crippen LogP contribution in [-0.2, 0) is 6.42 Å². The molecule has 0 atom stereocenters. The first-order chi connectivity index (χ1) is 8.63. The van der Waals surface area contributed by atoms with Gasteiger partial charge in [0.05, 0.1) is 17.6 Å². The fraction of sp³-hybridized carbons (Fsp3) is 0.357. The van der Waals surface area contributed by atoms with Crippen LogP contribution >= 0.6 is 0 Å². The van der Waals surface area contributed by atoms with Gasteiger partial charge in [0.15, 0.2) is 0 Å². The molecule has 1 aromatic carbocycles. The van der Waals surface area contributed by atoms with E-state index in [-0.39, 0.29) is 5.82 Å². The van der Waals surface area contributed by atoms with E-state index in [4.69, 9.17) is 5.73 Å². The summed E-state index contributed by atoms with van der Waals surface area (Å²) in [6.45, 7) is 4.80. The van der Waals surface area contributed by atoms with E-state index in [0.717, 1.165) is 23.4 Å². The average molecular weight is 247 g/mol. The molecule has 0 aliphatic heterocycles. The van der Waals surface area contributed by atoms with Crippen molar-refractivity contribution >= 4 is 0 Å². The molecule has 0 fully saturated rings. The van der Waals surface area contributed by atoms with Gasteiger partial charge >= 0.3 is 0 Å². The summed E-state index contributed by atoms with van der Waals surface area (Å²) in [5.41, 5.74) is 8.60. The number of nitrogens with zero attached hydrogens (tertiary/aromatic N) is 2. The topological polar surface area (TPSA) is 43.8 Å². The standard InChI is InChI=1S/C14H18FN3/c1-10(2)14-11(6-7-16)9-17-18(14)13-5-3-4-12(15)8-13/h3-5,8-10H,6-7,16H2,1-2H3. The van der Waals surface area contributed by atoms with Crippen LogP contribution in [0.5, 0.6) is 0 Å². The Kier molecular flexibility index (Phi) is 3.77. The third-order valence-corrected chi connectivity index (χ3v) is 2.90. The zero-order valence-electron chi connectivity index (χ0n) is 10.7. The second-order valence-electron chi connectivity index (χ2n) is 4.64. The maximum atomic E-state index is 13.3. The number of aromatic nitrogens is 2. The molecule has 1 aromatic heterocycles. The molecule has 4 heteroatoms. The van der Waals surface area contributed by atoms with Crippen LogP contribution in [0.25, 0.3) is 5.69 Å². The van der Waals surface area contributed by atoms with Crippen molar-refractivity contribution in [1.82, 2.24) is 9.78 Å². The maximum absolute atomic E-state index is 13.3. The predicted octanol–water partition coefficient (Wildman–Crippen LogP) is 2.64. The molecule has 0 bridgehead atoms. The van der Waals surface area contributed by atoms with Crippen molar-refractivity contribution in [1.29, 1.82) is 0 Å². The SMILES string of the molecule is CC(C)c1c(CCN)cnn1-c1cccc(F)c1. The van der Waals surface area contributed by atoms with E-state index in [1.54, 1.807) is 10.7 Å². The summed E-state index contributed by atoms with van der Waals surface area (Å²) in [6, 6.07) is 6.47. The Labute approximate surface area is 106 Å². The van der Waals surface area contributed by atoms with Crippen molar-refractivity contribution in [2.24, 2.45) is 5.73 Å². The summed E-state index contributed by atoms with van der Waals surface area (Å²) >= 11 is 0. The molecule has 0 saturated heterocycles. The summed E-state index contributed by atoms with van der Waals surface area (Å²) in [4.78, 5) is 0. The molecular weight excluding hydrogens is 229 g/mol. The third kappa shape index (κ3) is 2.43.